The minimum atomic E-state index is -1.38. The topological polar surface area (TPSA) is 104 Å². The summed E-state index contributed by atoms with van der Waals surface area (Å²) in [7, 11) is 1.58. The summed E-state index contributed by atoms with van der Waals surface area (Å²) in [6, 6.07) is 16.2. The van der Waals surface area contributed by atoms with Crippen molar-refractivity contribution in [1.29, 1.82) is 0 Å². The first-order valence-corrected chi connectivity index (χ1v) is 10.0. The number of rotatable bonds is 7. The molecular formula is C22H23ClN4O4. The summed E-state index contributed by atoms with van der Waals surface area (Å²) < 4.78 is 4.93. The predicted octanol–water partition coefficient (Wildman–Crippen LogP) is 3.99. The van der Waals surface area contributed by atoms with Crippen LogP contribution in [-0.2, 0) is 11.3 Å². The first kappa shape index (κ1) is 22.3. The first-order valence-electron chi connectivity index (χ1n) is 9.65. The number of halogens is 1. The molecule has 1 aromatic heterocycles. The van der Waals surface area contributed by atoms with Crippen LogP contribution in [0.1, 0.15) is 12.0 Å². The van der Waals surface area contributed by atoms with Crippen LogP contribution in [0.4, 0.5) is 15.4 Å². The van der Waals surface area contributed by atoms with Crippen LogP contribution in [0.2, 0.25) is 5.02 Å². The van der Waals surface area contributed by atoms with Gasteiger partial charge >= 0.3 is 12.1 Å². The monoisotopic (exact) mass is 442 g/mol. The molecule has 0 aliphatic rings. The molecule has 1 heterocycles. The highest BCUT2D eigenvalue weighted by Gasteiger charge is 2.15. The highest BCUT2D eigenvalue weighted by molar-refractivity contribution is 6.31. The summed E-state index contributed by atoms with van der Waals surface area (Å²) in [5.41, 5.74) is 0.799. The SMILES string of the molecule is CN(CC[C@@H](O)OC(=O)Nc1cc2ccccc2cn1)C(=O)NCc1ccccc1Cl. The standard InChI is InChI=1S/C22H23ClN4O4/c1-27(21(29)25-14-17-8-4-5-9-18(17)23)11-10-20(28)31-22(30)26-19-12-15-6-2-3-7-16(15)13-24-19/h2-9,12-13,20,28H,10-11,14H2,1H3,(H,25,29)(H,24,26,30)/t20-/m0/s1. The average Bonchev–Trinajstić information content (AvgIpc) is 2.76. The fourth-order valence-electron chi connectivity index (χ4n) is 2.82. The Balaban J connectivity index is 1.41. The Kier molecular flexibility index (Phi) is 7.64. The molecule has 3 rings (SSSR count). The van der Waals surface area contributed by atoms with E-state index in [9.17, 15) is 14.7 Å². The number of ether oxygens (including phenoxy) is 1. The number of amides is 3. The maximum absolute atomic E-state index is 12.2. The van der Waals surface area contributed by atoms with E-state index < -0.39 is 12.4 Å². The number of hydrogen-bond acceptors (Lipinski definition) is 5. The molecule has 0 saturated carbocycles. The second kappa shape index (κ2) is 10.6. The fraction of sp³-hybridized carbons (Fsp3) is 0.227. The largest absolute Gasteiger partial charge is 0.419 e. The molecule has 1 atom stereocenters. The van der Waals surface area contributed by atoms with Gasteiger partial charge in [0.05, 0.1) is 0 Å². The van der Waals surface area contributed by atoms with Crippen molar-refractivity contribution in [2.75, 3.05) is 18.9 Å². The van der Waals surface area contributed by atoms with E-state index in [0.717, 1.165) is 16.3 Å². The highest BCUT2D eigenvalue weighted by atomic mass is 35.5. The second-order valence-corrected chi connectivity index (χ2v) is 7.27. The van der Waals surface area contributed by atoms with E-state index in [-0.39, 0.29) is 25.5 Å². The summed E-state index contributed by atoms with van der Waals surface area (Å²) in [5.74, 6) is 0.312. The number of urea groups is 1. The predicted molar refractivity (Wildman–Crippen MR) is 119 cm³/mol. The summed E-state index contributed by atoms with van der Waals surface area (Å²) in [4.78, 5) is 29.7. The van der Waals surface area contributed by atoms with Crippen LogP contribution in [0, 0.1) is 0 Å². The zero-order valence-electron chi connectivity index (χ0n) is 16.9. The van der Waals surface area contributed by atoms with Gasteiger partial charge in [-0.2, -0.15) is 0 Å². The Labute approximate surface area is 184 Å². The maximum atomic E-state index is 12.2. The minimum absolute atomic E-state index is 0.0502. The van der Waals surface area contributed by atoms with E-state index in [4.69, 9.17) is 16.3 Å². The summed E-state index contributed by atoms with van der Waals surface area (Å²) >= 11 is 6.07. The Morgan fingerprint density at radius 1 is 1.16 bits per heavy atom. The quantitative estimate of drug-likeness (QED) is 0.480. The van der Waals surface area contributed by atoms with Gasteiger partial charge in [0.15, 0.2) is 0 Å². The van der Waals surface area contributed by atoms with Gasteiger partial charge in [0, 0.05) is 43.2 Å². The summed E-state index contributed by atoms with van der Waals surface area (Å²) in [6.07, 6.45) is -0.521. The van der Waals surface area contributed by atoms with Crippen molar-refractivity contribution in [3.63, 3.8) is 0 Å². The molecular weight excluding hydrogens is 420 g/mol. The number of nitrogens with one attached hydrogen (secondary N) is 2. The van der Waals surface area contributed by atoms with E-state index in [1.165, 1.54) is 4.90 Å². The Hall–Kier alpha value is -3.36. The highest BCUT2D eigenvalue weighted by Crippen LogP contribution is 2.16. The van der Waals surface area contributed by atoms with Crippen LogP contribution in [0.25, 0.3) is 10.8 Å². The number of pyridine rings is 1. The average molecular weight is 443 g/mol. The van der Waals surface area contributed by atoms with E-state index in [0.29, 0.717) is 10.8 Å². The van der Waals surface area contributed by atoms with Gasteiger partial charge < -0.3 is 20.1 Å². The number of fused-ring (bicyclic) bond motifs is 1. The van der Waals surface area contributed by atoms with Gasteiger partial charge in [-0.15, -0.1) is 0 Å². The lowest BCUT2D eigenvalue weighted by Crippen LogP contribution is -2.38. The lowest BCUT2D eigenvalue weighted by atomic mass is 10.2. The van der Waals surface area contributed by atoms with Gasteiger partial charge in [-0.25, -0.2) is 14.6 Å². The van der Waals surface area contributed by atoms with Crippen LogP contribution >= 0.6 is 11.6 Å². The molecule has 9 heteroatoms. The molecule has 3 amide bonds. The van der Waals surface area contributed by atoms with Gasteiger partial charge in [0.2, 0.25) is 6.29 Å². The van der Waals surface area contributed by atoms with Crippen LogP contribution in [0.3, 0.4) is 0 Å². The molecule has 3 aromatic rings. The third-order valence-electron chi connectivity index (χ3n) is 4.55. The first-order chi connectivity index (χ1) is 14.9. The lowest BCUT2D eigenvalue weighted by Gasteiger charge is -2.20. The molecule has 0 bridgehead atoms. The molecule has 2 aromatic carbocycles. The van der Waals surface area contributed by atoms with E-state index in [1.54, 1.807) is 25.4 Å². The molecule has 0 fully saturated rings. The summed E-state index contributed by atoms with van der Waals surface area (Å²) in [6.45, 7) is 0.458. The van der Waals surface area contributed by atoms with Gasteiger partial charge in [-0.3, -0.25) is 5.32 Å². The number of benzene rings is 2. The van der Waals surface area contributed by atoms with Crippen molar-refractivity contribution in [1.82, 2.24) is 15.2 Å². The molecule has 0 radical (unpaired) electrons. The third-order valence-corrected chi connectivity index (χ3v) is 4.92. The number of aliphatic hydroxyl groups is 1. The molecule has 31 heavy (non-hydrogen) atoms. The Morgan fingerprint density at radius 2 is 1.87 bits per heavy atom. The molecule has 8 nitrogen and oxygen atoms in total. The number of anilines is 1. The molecule has 0 unspecified atom stereocenters. The van der Waals surface area contributed by atoms with Crippen LogP contribution in [-0.4, -0.2) is 47.0 Å². The van der Waals surface area contributed by atoms with Crippen molar-refractivity contribution < 1.29 is 19.4 Å². The van der Waals surface area contributed by atoms with Crippen molar-refractivity contribution in [3.8, 4) is 0 Å². The number of aliphatic hydroxyl groups excluding tert-OH is 1. The molecule has 3 N–H and O–H groups in total. The second-order valence-electron chi connectivity index (χ2n) is 6.86. The van der Waals surface area contributed by atoms with E-state index in [1.807, 2.05) is 42.5 Å². The zero-order chi connectivity index (χ0) is 22.2. The molecule has 0 saturated heterocycles. The Bertz CT molecular complexity index is 1060. The molecule has 162 valence electrons. The van der Waals surface area contributed by atoms with Crippen molar-refractivity contribution in [2.45, 2.75) is 19.3 Å². The maximum Gasteiger partial charge on any atom is 0.415 e. The fourth-order valence-corrected chi connectivity index (χ4v) is 3.02. The molecule has 0 spiro atoms. The van der Waals surface area contributed by atoms with Crippen LogP contribution in [0.5, 0.6) is 0 Å². The van der Waals surface area contributed by atoms with E-state index >= 15 is 0 Å². The van der Waals surface area contributed by atoms with E-state index in [2.05, 4.69) is 15.6 Å². The van der Waals surface area contributed by atoms with Gasteiger partial charge in [-0.1, -0.05) is 54.1 Å². The number of hydrogen-bond donors (Lipinski definition) is 3. The molecule has 0 aliphatic carbocycles. The summed E-state index contributed by atoms with van der Waals surface area (Å²) in [5, 5.41) is 17.6. The van der Waals surface area contributed by atoms with Crippen molar-refractivity contribution in [2.24, 2.45) is 0 Å². The van der Waals surface area contributed by atoms with Gasteiger partial charge in [-0.05, 0) is 23.1 Å². The van der Waals surface area contributed by atoms with Crippen LogP contribution in [0.15, 0.2) is 60.8 Å². The van der Waals surface area contributed by atoms with Crippen molar-refractivity contribution >= 4 is 40.3 Å². The minimum Gasteiger partial charge on any atom is -0.419 e. The number of aromatic nitrogens is 1. The zero-order valence-corrected chi connectivity index (χ0v) is 17.7. The lowest BCUT2D eigenvalue weighted by molar-refractivity contribution is -0.0535. The smallest absolute Gasteiger partial charge is 0.415 e. The number of nitrogens with zero attached hydrogens (tertiary/aromatic N) is 2. The van der Waals surface area contributed by atoms with Gasteiger partial charge in [0.1, 0.15) is 5.82 Å². The van der Waals surface area contributed by atoms with Crippen LogP contribution < -0.4 is 10.6 Å². The van der Waals surface area contributed by atoms with Crippen molar-refractivity contribution in [3.05, 3.63) is 71.4 Å². The third kappa shape index (κ3) is 6.56. The number of carbonyl (C=O) groups is 2. The number of carbonyl (C=O) groups excluding carboxylic acids is 2. The molecule has 0 aliphatic heterocycles. The Morgan fingerprint density at radius 3 is 2.65 bits per heavy atom. The normalized spacial score (nSPS) is 11.6. The van der Waals surface area contributed by atoms with Gasteiger partial charge in [0.25, 0.3) is 0 Å².